The van der Waals surface area contributed by atoms with E-state index in [2.05, 4.69) is 15.9 Å². The Hall–Kier alpha value is -0.860. The zero-order valence-corrected chi connectivity index (χ0v) is 18.5. The van der Waals surface area contributed by atoms with E-state index in [9.17, 15) is 4.79 Å². The van der Waals surface area contributed by atoms with Crippen LogP contribution >= 0.6 is 39.9 Å². The van der Waals surface area contributed by atoms with Gasteiger partial charge in [-0.15, -0.1) is 0 Å². The second-order valence-corrected chi connectivity index (χ2v) is 9.51. The summed E-state index contributed by atoms with van der Waals surface area (Å²) >= 11 is 9.78. The van der Waals surface area contributed by atoms with Gasteiger partial charge in [0.25, 0.3) is 0 Å². The molecule has 0 radical (unpaired) electrons. The summed E-state index contributed by atoms with van der Waals surface area (Å²) in [5, 5.41) is 0. The first-order valence-corrected chi connectivity index (χ1v) is 10.6. The fourth-order valence-electron chi connectivity index (χ4n) is 2.75. The van der Waals surface area contributed by atoms with Crippen LogP contribution in [-0.2, 0) is 9.47 Å². The molecule has 4 nitrogen and oxygen atoms in total. The van der Waals surface area contributed by atoms with Gasteiger partial charge >= 0.3 is 6.09 Å². The monoisotopic (exact) mass is 463 g/mol. The predicted octanol–water partition coefficient (Wildman–Crippen LogP) is 5.50. The molecule has 2 rings (SSSR count). The highest BCUT2D eigenvalue weighted by molar-refractivity contribution is 9.10. The summed E-state index contributed by atoms with van der Waals surface area (Å²) in [6.07, 6.45) is 0.541. The van der Waals surface area contributed by atoms with Gasteiger partial charge in [0, 0.05) is 17.4 Å². The number of benzene rings is 1. The molecule has 144 valence electrons. The van der Waals surface area contributed by atoms with Gasteiger partial charge in [0.2, 0.25) is 4.38 Å². The van der Waals surface area contributed by atoms with Gasteiger partial charge in [0.05, 0.1) is 6.54 Å². The first kappa shape index (κ1) is 21.4. The average molecular weight is 464 g/mol. The zero-order chi connectivity index (χ0) is 19.5. The van der Waals surface area contributed by atoms with Gasteiger partial charge in [-0.3, -0.25) is 0 Å². The van der Waals surface area contributed by atoms with Crippen molar-refractivity contribution in [1.82, 2.24) is 4.90 Å². The number of carbonyl (C=O) groups is 1. The Morgan fingerprint density at radius 2 is 2.00 bits per heavy atom. The van der Waals surface area contributed by atoms with Crippen molar-refractivity contribution in [3.63, 3.8) is 0 Å². The minimum atomic E-state index is -1.75. The number of ether oxygens (including phenoxy) is 2. The number of alkyl halides is 1. The zero-order valence-electron chi connectivity index (χ0n) is 15.3. The molecule has 1 aromatic rings. The normalized spacial score (nSPS) is 21.4. The van der Waals surface area contributed by atoms with E-state index in [-0.39, 0.29) is 23.9 Å². The van der Waals surface area contributed by atoms with E-state index in [4.69, 9.17) is 21.7 Å². The van der Waals surface area contributed by atoms with Gasteiger partial charge in [-0.25, -0.2) is 9.18 Å². The van der Waals surface area contributed by atoms with Crippen molar-refractivity contribution < 1.29 is 18.7 Å². The molecule has 0 aliphatic carbocycles. The van der Waals surface area contributed by atoms with Crippen molar-refractivity contribution in [2.45, 2.75) is 44.6 Å². The molecule has 1 saturated heterocycles. The Kier molecular flexibility index (Phi) is 6.96. The van der Waals surface area contributed by atoms with Crippen molar-refractivity contribution in [2.75, 3.05) is 19.3 Å². The molecule has 1 heterocycles. The molecule has 2 unspecified atom stereocenters. The number of likely N-dealkylation sites (tertiary alicyclic amines) is 1. The molecule has 1 aromatic carbocycles. The van der Waals surface area contributed by atoms with Gasteiger partial charge in [0.1, 0.15) is 5.60 Å². The molecular weight excluding hydrogens is 441 g/mol. The lowest BCUT2D eigenvalue weighted by Gasteiger charge is -2.31. The summed E-state index contributed by atoms with van der Waals surface area (Å²) in [7, 11) is 0. The van der Waals surface area contributed by atoms with Crippen LogP contribution in [0.3, 0.4) is 0 Å². The highest BCUT2D eigenvalue weighted by Gasteiger charge is 2.49. The number of hydrogen-bond acceptors (Lipinski definition) is 5. The summed E-state index contributed by atoms with van der Waals surface area (Å²) in [6.45, 7) is 5.53. The Balaban J connectivity index is 2.22. The molecule has 1 fully saturated rings. The van der Waals surface area contributed by atoms with Gasteiger partial charge in [-0.05, 0) is 56.9 Å². The molecule has 1 aliphatic heterocycles. The van der Waals surface area contributed by atoms with Crippen LogP contribution in [0.25, 0.3) is 0 Å². The standard InChI is InChI=1S/C18H23BrFNO3S2/c1-17(2,3)24-15(22)21-10-9-18(20,11-21)14(23-16(25)26-4)12-5-7-13(19)8-6-12/h5-8,14H,9-11H2,1-4H3. The fraction of sp³-hybridized carbons (Fsp3) is 0.556. The maximum atomic E-state index is 15.8. The number of rotatable bonds is 3. The molecule has 0 bridgehead atoms. The molecule has 0 aromatic heterocycles. The third-order valence-electron chi connectivity index (χ3n) is 3.93. The van der Waals surface area contributed by atoms with E-state index in [1.807, 2.05) is 12.1 Å². The lowest BCUT2D eigenvalue weighted by molar-refractivity contribution is 0.0000356. The molecule has 8 heteroatoms. The second kappa shape index (κ2) is 8.44. The number of thiocarbonyl (C=S) groups is 1. The van der Waals surface area contributed by atoms with Crippen molar-refractivity contribution in [3.8, 4) is 0 Å². The van der Waals surface area contributed by atoms with Crippen LogP contribution in [-0.4, -0.2) is 46.0 Å². The number of halogens is 2. The van der Waals surface area contributed by atoms with Gasteiger partial charge in [-0.2, -0.15) is 0 Å². The average Bonchev–Trinajstić information content (AvgIpc) is 2.95. The van der Waals surface area contributed by atoms with Crippen molar-refractivity contribution in [3.05, 3.63) is 34.3 Å². The first-order chi connectivity index (χ1) is 12.0. The number of nitrogens with zero attached hydrogens (tertiary/aromatic N) is 1. The van der Waals surface area contributed by atoms with Crippen LogP contribution < -0.4 is 0 Å². The van der Waals surface area contributed by atoms with Gasteiger partial charge in [0.15, 0.2) is 11.8 Å². The molecule has 0 N–H and O–H groups in total. The van der Waals surface area contributed by atoms with Crippen molar-refractivity contribution in [2.24, 2.45) is 0 Å². The van der Waals surface area contributed by atoms with Gasteiger partial charge < -0.3 is 14.4 Å². The van der Waals surface area contributed by atoms with Crippen LogP contribution in [0.1, 0.15) is 38.9 Å². The maximum absolute atomic E-state index is 15.8. The van der Waals surface area contributed by atoms with Crippen molar-refractivity contribution in [1.29, 1.82) is 0 Å². The molecule has 1 aliphatic rings. The summed E-state index contributed by atoms with van der Waals surface area (Å²) in [6, 6.07) is 7.26. The number of hydrogen-bond donors (Lipinski definition) is 0. The smallest absolute Gasteiger partial charge is 0.410 e. The minimum absolute atomic E-state index is 0.0976. The summed E-state index contributed by atoms with van der Waals surface area (Å²) < 4.78 is 28.1. The molecular formula is C18H23BrFNO3S2. The Morgan fingerprint density at radius 3 is 2.54 bits per heavy atom. The molecule has 2 atom stereocenters. The predicted molar refractivity (Wildman–Crippen MR) is 110 cm³/mol. The van der Waals surface area contributed by atoms with Crippen LogP contribution in [0.15, 0.2) is 28.7 Å². The lowest BCUT2D eigenvalue weighted by atomic mass is 9.92. The third-order valence-corrected chi connectivity index (χ3v) is 5.48. The molecule has 26 heavy (non-hydrogen) atoms. The maximum Gasteiger partial charge on any atom is 0.410 e. The minimum Gasteiger partial charge on any atom is -0.467 e. The summed E-state index contributed by atoms with van der Waals surface area (Å²) in [5.41, 5.74) is -1.69. The van der Waals surface area contributed by atoms with E-state index in [1.165, 1.54) is 16.7 Å². The Bertz CT molecular complexity index is 665. The van der Waals surface area contributed by atoms with Crippen LogP contribution in [0, 0.1) is 0 Å². The number of thioether (sulfide) groups is 1. The van der Waals surface area contributed by atoms with E-state index < -0.39 is 23.5 Å². The summed E-state index contributed by atoms with van der Waals surface area (Å²) in [4.78, 5) is 13.7. The Labute approximate surface area is 171 Å². The third kappa shape index (κ3) is 5.57. The quantitative estimate of drug-likeness (QED) is 0.552. The molecule has 0 spiro atoms. The van der Waals surface area contributed by atoms with Crippen molar-refractivity contribution >= 4 is 50.4 Å². The summed E-state index contributed by atoms with van der Waals surface area (Å²) in [5.74, 6) is 0. The second-order valence-electron chi connectivity index (χ2n) is 7.19. The fourth-order valence-corrected chi connectivity index (χ4v) is 3.30. The highest BCUT2D eigenvalue weighted by Crippen LogP contribution is 2.41. The topological polar surface area (TPSA) is 38.8 Å². The van der Waals surface area contributed by atoms with E-state index in [1.54, 1.807) is 39.2 Å². The SMILES string of the molecule is CSC(=S)OC(c1ccc(Br)cc1)C1(F)CCN(C(=O)OC(C)(C)C)C1. The van der Waals surface area contributed by atoms with E-state index >= 15 is 4.39 Å². The van der Waals surface area contributed by atoms with E-state index in [0.717, 1.165) is 4.47 Å². The van der Waals surface area contributed by atoms with Crippen LogP contribution in [0.4, 0.5) is 9.18 Å². The first-order valence-electron chi connectivity index (χ1n) is 8.21. The molecule has 1 amide bonds. The lowest BCUT2D eigenvalue weighted by Crippen LogP contribution is -2.41. The van der Waals surface area contributed by atoms with Crippen LogP contribution in [0.2, 0.25) is 0 Å². The van der Waals surface area contributed by atoms with E-state index in [0.29, 0.717) is 5.56 Å². The highest BCUT2D eigenvalue weighted by atomic mass is 79.9. The number of carbonyl (C=O) groups excluding carboxylic acids is 1. The largest absolute Gasteiger partial charge is 0.467 e. The van der Waals surface area contributed by atoms with Crippen LogP contribution in [0.5, 0.6) is 0 Å². The van der Waals surface area contributed by atoms with Gasteiger partial charge in [-0.1, -0.05) is 39.8 Å². The Morgan fingerprint density at radius 1 is 1.38 bits per heavy atom. The molecule has 0 saturated carbocycles. The number of amides is 1.